The van der Waals surface area contributed by atoms with E-state index >= 15 is 0 Å². The Labute approximate surface area is 179 Å². The van der Waals surface area contributed by atoms with Crippen LogP contribution in [0.2, 0.25) is 0 Å². The summed E-state index contributed by atoms with van der Waals surface area (Å²) in [6.45, 7) is 0. The number of aromatic nitrogens is 1. The van der Waals surface area contributed by atoms with Crippen LogP contribution in [0.5, 0.6) is 0 Å². The number of fused-ring (bicyclic) bond motifs is 1. The topological polar surface area (TPSA) is 74.3 Å². The quantitative estimate of drug-likeness (QED) is 0.496. The Bertz CT molecular complexity index is 1070. The fraction of sp³-hybridized carbons (Fsp3) is 0.261. The van der Waals surface area contributed by atoms with E-state index in [9.17, 15) is 9.59 Å². The third kappa shape index (κ3) is 4.21. The van der Waals surface area contributed by atoms with Gasteiger partial charge >= 0.3 is 0 Å². The van der Waals surface area contributed by atoms with Crippen molar-refractivity contribution in [3.05, 3.63) is 71.3 Å². The summed E-state index contributed by atoms with van der Waals surface area (Å²) in [5.41, 5.74) is 7.56. The number of para-hydroxylation sites is 1. The first kappa shape index (κ1) is 20.1. The molecule has 1 aliphatic carbocycles. The van der Waals surface area contributed by atoms with Gasteiger partial charge in [-0.3, -0.25) is 20.4 Å². The zero-order chi connectivity index (χ0) is 21.1. The van der Waals surface area contributed by atoms with Crippen LogP contribution >= 0.6 is 11.3 Å². The molecule has 1 aliphatic rings. The van der Waals surface area contributed by atoms with Gasteiger partial charge < -0.3 is 4.90 Å². The molecule has 0 spiro atoms. The highest BCUT2D eigenvalue weighted by Crippen LogP contribution is 2.38. The molecule has 0 saturated carbocycles. The summed E-state index contributed by atoms with van der Waals surface area (Å²) in [6, 6.07) is 15.3. The summed E-state index contributed by atoms with van der Waals surface area (Å²) in [5.74, 6) is -0.805. The van der Waals surface area contributed by atoms with Crippen molar-refractivity contribution in [2.24, 2.45) is 5.92 Å². The van der Waals surface area contributed by atoms with Crippen molar-refractivity contribution in [3.63, 3.8) is 0 Å². The molecule has 1 heterocycles. The van der Waals surface area contributed by atoms with Crippen LogP contribution in [0.3, 0.4) is 0 Å². The van der Waals surface area contributed by atoms with Crippen LogP contribution in [0.25, 0.3) is 10.2 Å². The maximum absolute atomic E-state index is 12.9. The average Bonchev–Trinajstić information content (AvgIpc) is 3.21. The lowest BCUT2D eigenvalue weighted by atomic mass is 9.83. The second-order valence-corrected chi connectivity index (χ2v) is 8.63. The molecule has 7 heteroatoms. The maximum Gasteiger partial charge on any atom is 0.269 e. The molecular weight excluding hydrogens is 396 g/mol. The normalized spacial score (nSPS) is 18.2. The fourth-order valence-corrected chi connectivity index (χ4v) is 4.78. The van der Waals surface area contributed by atoms with Crippen molar-refractivity contribution >= 4 is 39.1 Å². The third-order valence-corrected chi connectivity index (χ3v) is 6.49. The number of carbonyl (C=O) groups excluding carboxylic acids is 2. The van der Waals surface area contributed by atoms with E-state index in [0.717, 1.165) is 27.3 Å². The molecule has 1 aromatic heterocycles. The van der Waals surface area contributed by atoms with Crippen LogP contribution in [-0.2, 0) is 4.79 Å². The number of carbonyl (C=O) groups is 2. The van der Waals surface area contributed by atoms with Crippen molar-refractivity contribution in [2.75, 3.05) is 19.0 Å². The summed E-state index contributed by atoms with van der Waals surface area (Å²) < 4.78 is 1.12. The van der Waals surface area contributed by atoms with Gasteiger partial charge in [-0.2, -0.15) is 0 Å². The highest BCUT2D eigenvalue weighted by atomic mass is 32.1. The number of nitrogens with zero attached hydrogens (tertiary/aromatic N) is 2. The van der Waals surface area contributed by atoms with Gasteiger partial charge in [0.1, 0.15) is 0 Å². The van der Waals surface area contributed by atoms with Crippen LogP contribution in [0.15, 0.2) is 60.7 Å². The van der Waals surface area contributed by atoms with Crippen molar-refractivity contribution < 1.29 is 9.59 Å². The Balaban J connectivity index is 1.45. The first-order chi connectivity index (χ1) is 14.5. The SMILES string of the molecule is CN(C)c1cccc(C(=O)NNC(=O)C2CC=CCC2c2nc3ccccc3s2)c1. The number of nitrogens with one attached hydrogen (secondary N) is 2. The molecule has 2 amide bonds. The van der Waals surface area contributed by atoms with Crippen molar-refractivity contribution in [1.29, 1.82) is 0 Å². The Morgan fingerprint density at radius 1 is 1.03 bits per heavy atom. The van der Waals surface area contributed by atoms with Crippen LogP contribution < -0.4 is 15.8 Å². The predicted molar refractivity (Wildman–Crippen MR) is 121 cm³/mol. The van der Waals surface area contributed by atoms with E-state index in [-0.39, 0.29) is 23.7 Å². The van der Waals surface area contributed by atoms with Crippen molar-refractivity contribution in [1.82, 2.24) is 15.8 Å². The molecule has 0 bridgehead atoms. The van der Waals surface area contributed by atoms with Gasteiger partial charge in [-0.15, -0.1) is 11.3 Å². The standard InChI is InChI=1S/C23H24N4O2S/c1-27(2)16-9-7-8-15(14-16)21(28)25-26-22(29)17-10-3-4-11-18(17)23-24-19-12-5-6-13-20(19)30-23/h3-9,12-14,17-18H,10-11H2,1-2H3,(H,25,28)(H,26,29). The number of hydrogen-bond donors (Lipinski definition) is 2. The van der Waals surface area contributed by atoms with Gasteiger partial charge in [0.15, 0.2) is 0 Å². The van der Waals surface area contributed by atoms with Gasteiger partial charge in [0, 0.05) is 31.3 Å². The summed E-state index contributed by atoms with van der Waals surface area (Å²) in [7, 11) is 3.83. The van der Waals surface area contributed by atoms with E-state index in [1.54, 1.807) is 23.5 Å². The Morgan fingerprint density at radius 2 is 1.83 bits per heavy atom. The largest absolute Gasteiger partial charge is 0.378 e. The summed E-state index contributed by atoms with van der Waals surface area (Å²) >= 11 is 1.63. The van der Waals surface area contributed by atoms with E-state index in [2.05, 4.69) is 16.9 Å². The van der Waals surface area contributed by atoms with Gasteiger partial charge in [0.05, 0.1) is 21.1 Å². The van der Waals surface area contributed by atoms with E-state index < -0.39 is 0 Å². The predicted octanol–water partition coefficient (Wildman–Crippen LogP) is 3.87. The highest BCUT2D eigenvalue weighted by Gasteiger charge is 2.32. The van der Waals surface area contributed by atoms with Gasteiger partial charge in [0.2, 0.25) is 5.91 Å². The molecule has 30 heavy (non-hydrogen) atoms. The van der Waals surface area contributed by atoms with Gasteiger partial charge in [-0.1, -0.05) is 30.4 Å². The summed E-state index contributed by atoms with van der Waals surface area (Å²) in [4.78, 5) is 32.1. The number of rotatable bonds is 4. The second-order valence-electron chi connectivity index (χ2n) is 7.56. The molecule has 2 atom stereocenters. The number of anilines is 1. The Kier molecular flexibility index (Phi) is 5.81. The Hall–Kier alpha value is -3.19. The number of amides is 2. The molecule has 0 aliphatic heterocycles. The van der Waals surface area contributed by atoms with Crippen LogP contribution in [-0.4, -0.2) is 30.9 Å². The van der Waals surface area contributed by atoms with Gasteiger partial charge in [0.25, 0.3) is 5.91 Å². The monoisotopic (exact) mass is 420 g/mol. The second kappa shape index (κ2) is 8.67. The lowest BCUT2D eigenvalue weighted by Gasteiger charge is -2.26. The van der Waals surface area contributed by atoms with Crippen molar-refractivity contribution in [3.8, 4) is 0 Å². The number of benzene rings is 2. The van der Waals surface area contributed by atoms with Crippen molar-refractivity contribution in [2.45, 2.75) is 18.8 Å². The first-order valence-corrected chi connectivity index (χ1v) is 10.7. The number of hydrazine groups is 1. The molecule has 2 N–H and O–H groups in total. The average molecular weight is 421 g/mol. The molecule has 6 nitrogen and oxygen atoms in total. The smallest absolute Gasteiger partial charge is 0.269 e. The van der Waals surface area contributed by atoms with Crippen LogP contribution in [0, 0.1) is 5.92 Å². The minimum atomic E-state index is -0.338. The molecule has 0 radical (unpaired) electrons. The number of allylic oxidation sites excluding steroid dienone is 2. The highest BCUT2D eigenvalue weighted by molar-refractivity contribution is 7.18. The maximum atomic E-state index is 12.9. The zero-order valence-electron chi connectivity index (χ0n) is 17.0. The van der Waals surface area contributed by atoms with Crippen LogP contribution in [0.1, 0.15) is 34.1 Å². The molecule has 3 aromatic rings. The molecule has 154 valence electrons. The summed E-state index contributed by atoms with van der Waals surface area (Å²) in [5, 5.41) is 0.964. The Morgan fingerprint density at radius 3 is 2.63 bits per heavy atom. The summed E-state index contributed by atoms with van der Waals surface area (Å²) in [6.07, 6.45) is 5.51. The third-order valence-electron chi connectivity index (χ3n) is 5.32. The molecule has 0 fully saturated rings. The lowest BCUT2D eigenvalue weighted by molar-refractivity contribution is -0.126. The minimum absolute atomic E-state index is 0.00127. The van der Waals surface area contributed by atoms with E-state index in [1.165, 1.54) is 0 Å². The first-order valence-electron chi connectivity index (χ1n) is 9.91. The molecular formula is C23H24N4O2S. The number of thiazole rings is 1. The molecule has 2 unspecified atom stereocenters. The fourth-order valence-electron chi connectivity index (χ4n) is 3.63. The van der Waals surface area contributed by atoms with Crippen LogP contribution in [0.4, 0.5) is 5.69 Å². The van der Waals surface area contributed by atoms with E-state index in [4.69, 9.17) is 4.98 Å². The number of hydrogen-bond acceptors (Lipinski definition) is 5. The molecule has 2 aromatic carbocycles. The lowest BCUT2D eigenvalue weighted by Crippen LogP contribution is -2.46. The van der Waals surface area contributed by atoms with Gasteiger partial charge in [-0.25, -0.2) is 4.98 Å². The zero-order valence-corrected chi connectivity index (χ0v) is 17.8. The van der Waals surface area contributed by atoms with Gasteiger partial charge in [-0.05, 0) is 43.2 Å². The minimum Gasteiger partial charge on any atom is -0.378 e. The molecule has 4 rings (SSSR count). The molecule has 0 saturated heterocycles. The van der Waals surface area contributed by atoms with E-state index in [1.807, 2.05) is 61.5 Å². The van der Waals surface area contributed by atoms with E-state index in [0.29, 0.717) is 12.0 Å².